The lowest BCUT2D eigenvalue weighted by molar-refractivity contribution is 0.544. The topological polar surface area (TPSA) is 26.0 Å². The van der Waals surface area contributed by atoms with E-state index in [4.69, 9.17) is 5.73 Å². The van der Waals surface area contributed by atoms with Crippen LogP contribution < -0.4 is 5.73 Å². The van der Waals surface area contributed by atoms with Crippen molar-refractivity contribution in [2.24, 2.45) is 11.1 Å². The molecule has 0 radical (unpaired) electrons. The smallest absolute Gasteiger partial charge is 0.00624 e. The molecule has 1 nitrogen and oxygen atoms in total. The Morgan fingerprint density at radius 2 is 1.45 bits per heavy atom. The van der Waals surface area contributed by atoms with E-state index >= 15 is 0 Å². The van der Waals surface area contributed by atoms with Crippen molar-refractivity contribution in [3.8, 4) is 0 Å². The van der Waals surface area contributed by atoms with Crippen LogP contribution in [-0.4, -0.2) is 0 Å². The SMILES string of the molecule is CC(C)(C)/C=C/C=C/C=C/N. The van der Waals surface area contributed by atoms with Gasteiger partial charge in [-0.05, 0) is 17.7 Å². The third kappa shape index (κ3) is 9.02. The molecule has 2 N–H and O–H groups in total. The Hall–Kier alpha value is -0.980. The fourth-order valence-electron chi connectivity index (χ4n) is 0.537. The van der Waals surface area contributed by atoms with Crippen LogP contribution in [-0.2, 0) is 0 Å². The molecule has 1 heteroatoms. The van der Waals surface area contributed by atoms with E-state index in [0.717, 1.165) is 0 Å². The van der Waals surface area contributed by atoms with E-state index in [1.807, 2.05) is 18.2 Å². The van der Waals surface area contributed by atoms with Gasteiger partial charge in [-0.15, -0.1) is 0 Å². The lowest BCUT2D eigenvalue weighted by Crippen LogP contribution is -1.97. The van der Waals surface area contributed by atoms with E-state index < -0.39 is 0 Å². The van der Waals surface area contributed by atoms with E-state index in [1.54, 1.807) is 6.08 Å². The zero-order valence-electron chi connectivity index (χ0n) is 7.54. The summed E-state index contributed by atoms with van der Waals surface area (Å²) in [6.07, 6.45) is 11.4. The Morgan fingerprint density at radius 1 is 0.909 bits per heavy atom. The molecule has 11 heavy (non-hydrogen) atoms. The molecule has 0 fully saturated rings. The molecule has 0 aliphatic rings. The summed E-state index contributed by atoms with van der Waals surface area (Å²) in [5.41, 5.74) is 5.40. The van der Waals surface area contributed by atoms with Crippen molar-refractivity contribution in [3.63, 3.8) is 0 Å². The first kappa shape index (κ1) is 10.0. The van der Waals surface area contributed by atoms with Gasteiger partial charge in [-0.25, -0.2) is 0 Å². The maximum absolute atomic E-state index is 5.14. The van der Waals surface area contributed by atoms with Crippen molar-refractivity contribution in [3.05, 3.63) is 36.6 Å². The average molecular weight is 151 g/mol. The van der Waals surface area contributed by atoms with Crippen LogP contribution in [0.2, 0.25) is 0 Å². The molecule has 0 heterocycles. The minimum absolute atomic E-state index is 0.261. The maximum Gasteiger partial charge on any atom is -0.00624 e. The number of rotatable bonds is 2. The first-order valence-corrected chi connectivity index (χ1v) is 3.79. The summed E-state index contributed by atoms with van der Waals surface area (Å²) in [7, 11) is 0. The van der Waals surface area contributed by atoms with E-state index in [0.29, 0.717) is 0 Å². The lowest BCUT2D eigenvalue weighted by atomic mass is 9.96. The Kier molecular flexibility index (Phi) is 4.35. The average Bonchev–Trinajstić information content (AvgIpc) is 1.85. The van der Waals surface area contributed by atoms with Gasteiger partial charge in [-0.1, -0.05) is 45.1 Å². The molecule has 0 bridgehead atoms. The van der Waals surface area contributed by atoms with Crippen molar-refractivity contribution in [1.29, 1.82) is 0 Å². The lowest BCUT2D eigenvalue weighted by Gasteiger charge is -2.09. The van der Waals surface area contributed by atoms with E-state index in [1.165, 1.54) is 6.20 Å². The van der Waals surface area contributed by atoms with Gasteiger partial charge in [0, 0.05) is 0 Å². The highest BCUT2D eigenvalue weighted by Crippen LogP contribution is 2.13. The molecule has 0 aliphatic heterocycles. The molecule has 62 valence electrons. The Balaban J connectivity index is 3.78. The van der Waals surface area contributed by atoms with Crippen molar-refractivity contribution in [2.45, 2.75) is 20.8 Å². The Bertz CT molecular complexity index is 168. The van der Waals surface area contributed by atoms with Crippen LogP contribution in [0.5, 0.6) is 0 Å². The van der Waals surface area contributed by atoms with E-state index in [9.17, 15) is 0 Å². The maximum atomic E-state index is 5.14. The van der Waals surface area contributed by atoms with Crippen molar-refractivity contribution in [2.75, 3.05) is 0 Å². The summed E-state index contributed by atoms with van der Waals surface area (Å²) in [6, 6.07) is 0. The molecule has 0 unspecified atom stereocenters. The second-order valence-corrected chi connectivity index (χ2v) is 3.49. The fourth-order valence-corrected chi connectivity index (χ4v) is 0.537. The third-order valence-corrected chi connectivity index (χ3v) is 1.04. The van der Waals surface area contributed by atoms with Crippen LogP contribution in [0.25, 0.3) is 0 Å². The summed E-state index contributed by atoms with van der Waals surface area (Å²) in [5, 5.41) is 0. The minimum Gasteiger partial charge on any atom is -0.405 e. The molecule has 0 spiro atoms. The number of hydrogen-bond donors (Lipinski definition) is 1. The Labute approximate surface area is 69.3 Å². The molecule has 0 aromatic heterocycles. The molecule has 0 rings (SSSR count). The van der Waals surface area contributed by atoms with Crippen LogP contribution in [0.3, 0.4) is 0 Å². The van der Waals surface area contributed by atoms with E-state index in [2.05, 4.69) is 26.8 Å². The van der Waals surface area contributed by atoms with Gasteiger partial charge in [-0.3, -0.25) is 0 Å². The molecule has 0 saturated carbocycles. The quantitative estimate of drug-likeness (QED) is 0.603. The summed E-state index contributed by atoms with van der Waals surface area (Å²) in [5.74, 6) is 0. The van der Waals surface area contributed by atoms with Crippen LogP contribution in [0.1, 0.15) is 20.8 Å². The van der Waals surface area contributed by atoms with Gasteiger partial charge < -0.3 is 5.73 Å². The van der Waals surface area contributed by atoms with Crippen LogP contribution >= 0.6 is 0 Å². The van der Waals surface area contributed by atoms with Gasteiger partial charge in [0.15, 0.2) is 0 Å². The molecule has 0 amide bonds. The second kappa shape index (κ2) is 4.78. The first-order chi connectivity index (χ1) is 5.06. The minimum atomic E-state index is 0.261. The normalized spacial score (nSPS) is 14.1. The van der Waals surface area contributed by atoms with Gasteiger partial charge in [0.2, 0.25) is 0 Å². The molecule has 0 aliphatic carbocycles. The molecule has 0 saturated heterocycles. The van der Waals surface area contributed by atoms with E-state index in [-0.39, 0.29) is 5.41 Å². The largest absolute Gasteiger partial charge is 0.405 e. The van der Waals surface area contributed by atoms with Crippen LogP contribution in [0.15, 0.2) is 36.6 Å². The van der Waals surface area contributed by atoms with Gasteiger partial charge in [0.1, 0.15) is 0 Å². The second-order valence-electron chi connectivity index (χ2n) is 3.49. The predicted molar refractivity (Wildman–Crippen MR) is 51.1 cm³/mol. The monoisotopic (exact) mass is 151 g/mol. The third-order valence-electron chi connectivity index (χ3n) is 1.04. The van der Waals surface area contributed by atoms with Crippen molar-refractivity contribution in [1.82, 2.24) is 0 Å². The van der Waals surface area contributed by atoms with Gasteiger partial charge in [-0.2, -0.15) is 0 Å². The zero-order chi connectivity index (χ0) is 8.74. The highest BCUT2D eigenvalue weighted by atomic mass is 14.5. The first-order valence-electron chi connectivity index (χ1n) is 3.79. The van der Waals surface area contributed by atoms with Crippen LogP contribution in [0.4, 0.5) is 0 Å². The number of allylic oxidation sites excluding steroid dienone is 5. The predicted octanol–water partition coefficient (Wildman–Crippen LogP) is 2.62. The molecule has 0 aromatic carbocycles. The van der Waals surface area contributed by atoms with Crippen LogP contribution in [0, 0.1) is 5.41 Å². The molecular formula is C10H17N. The zero-order valence-corrected chi connectivity index (χ0v) is 7.54. The number of nitrogens with two attached hydrogens (primary N) is 1. The highest BCUT2D eigenvalue weighted by Gasteiger charge is 2.01. The fraction of sp³-hybridized carbons (Fsp3) is 0.400. The molecular weight excluding hydrogens is 134 g/mol. The molecule has 0 atom stereocenters. The standard InChI is InChI=1S/C10H17N/c1-10(2,3)8-6-4-5-7-9-11/h4-9H,11H2,1-3H3/b5-4+,8-6+,9-7+. The Morgan fingerprint density at radius 3 is 1.91 bits per heavy atom. The van der Waals surface area contributed by atoms with Crippen molar-refractivity contribution >= 4 is 0 Å². The molecule has 0 aromatic rings. The van der Waals surface area contributed by atoms with Gasteiger partial charge in [0.05, 0.1) is 0 Å². The van der Waals surface area contributed by atoms with Crippen molar-refractivity contribution < 1.29 is 0 Å². The summed E-state index contributed by atoms with van der Waals surface area (Å²) >= 11 is 0. The highest BCUT2D eigenvalue weighted by molar-refractivity contribution is 5.11. The van der Waals surface area contributed by atoms with Gasteiger partial charge >= 0.3 is 0 Å². The van der Waals surface area contributed by atoms with Gasteiger partial charge in [0.25, 0.3) is 0 Å². The number of hydrogen-bond acceptors (Lipinski definition) is 1. The summed E-state index contributed by atoms with van der Waals surface area (Å²) in [4.78, 5) is 0. The summed E-state index contributed by atoms with van der Waals surface area (Å²) in [6.45, 7) is 6.49. The summed E-state index contributed by atoms with van der Waals surface area (Å²) < 4.78 is 0.